The Balaban J connectivity index is 0.00000142. The van der Waals surface area contributed by atoms with Crippen LogP contribution in [-0.4, -0.2) is 5.11 Å². The van der Waals surface area contributed by atoms with Crippen LogP contribution in [0.4, 0.5) is 5.69 Å². The summed E-state index contributed by atoms with van der Waals surface area (Å²) in [6.45, 7) is 12.4. The highest BCUT2D eigenvalue weighted by Gasteiger charge is 2.21. The summed E-state index contributed by atoms with van der Waals surface area (Å²) >= 11 is 0. The molecule has 300 valence electrons. The zero-order chi connectivity index (χ0) is 41.6. The lowest BCUT2D eigenvalue weighted by Gasteiger charge is -2.30. The number of aliphatic hydroxyl groups is 1. The van der Waals surface area contributed by atoms with Gasteiger partial charge in [-0.25, -0.2) is 0 Å². The van der Waals surface area contributed by atoms with Gasteiger partial charge in [-0.1, -0.05) is 163 Å². The summed E-state index contributed by atoms with van der Waals surface area (Å²) in [6.07, 6.45) is 23.1. The van der Waals surface area contributed by atoms with E-state index in [4.69, 9.17) is 4.42 Å². The van der Waals surface area contributed by atoms with Gasteiger partial charge < -0.3 is 14.4 Å². The number of nitrogens with zero attached hydrogens (tertiary/aromatic N) is 1. The van der Waals surface area contributed by atoms with Crippen LogP contribution in [0.25, 0.3) is 49.8 Å². The number of aliphatic hydroxyl groups excluding tert-OH is 1. The van der Waals surface area contributed by atoms with Gasteiger partial charge >= 0.3 is 0 Å². The van der Waals surface area contributed by atoms with Crippen LogP contribution in [0.1, 0.15) is 96.8 Å². The van der Waals surface area contributed by atoms with E-state index < -0.39 is 0 Å². The molecular weight excluding hydrogens is 719 g/mol. The van der Waals surface area contributed by atoms with Crippen molar-refractivity contribution in [3.05, 3.63) is 204 Å². The minimum atomic E-state index is 0.348. The topological polar surface area (TPSA) is 36.6 Å². The van der Waals surface area contributed by atoms with Crippen LogP contribution in [0.2, 0.25) is 0 Å². The van der Waals surface area contributed by atoms with Crippen LogP contribution in [-0.2, 0) is 0 Å². The van der Waals surface area contributed by atoms with E-state index in [1.807, 2.05) is 52.0 Å². The molecular formula is C56H59NO2. The summed E-state index contributed by atoms with van der Waals surface area (Å²) < 4.78 is 6.28. The van der Waals surface area contributed by atoms with Crippen molar-refractivity contribution in [3.8, 4) is 11.1 Å². The molecule has 3 nitrogen and oxygen atoms in total. The molecule has 0 unspecified atom stereocenters. The monoisotopic (exact) mass is 777 g/mol. The molecule has 3 heteroatoms. The number of fused-ring (bicyclic) bond motifs is 3. The Labute approximate surface area is 352 Å². The van der Waals surface area contributed by atoms with Gasteiger partial charge in [0.1, 0.15) is 11.2 Å². The number of hydrogen-bond donors (Lipinski definition) is 1. The number of furan rings is 1. The maximum atomic E-state index is 11.0. The van der Waals surface area contributed by atoms with Gasteiger partial charge in [-0.3, -0.25) is 0 Å². The van der Waals surface area contributed by atoms with Gasteiger partial charge in [0.2, 0.25) is 0 Å². The highest BCUT2D eigenvalue weighted by atomic mass is 16.3. The van der Waals surface area contributed by atoms with E-state index >= 15 is 0 Å². The molecule has 8 rings (SSSR count). The third-order valence-corrected chi connectivity index (χ3v) is 10.5. The lowest BCUT2D eigenvalue weighted by atomic mass is 9.90. The second kappa shape index (κ2) is 20.9. The van der Waals surface area contributed by atoms with Gasteiger partial charge in [0.25, 0.3) is 0 Å². The maximum absolute atomic E-state index is 11.0. The highest BCUT2D eigenvalue weighted by Crippen LogP contribution is 2.41. The summed E-state index contributed by atoms with van der Waals surface area (Å²) in [5.41, 5.74) is 14.5. The maximum Gasteiger partial charge on any atom is 0.135 e. The molecule has 5 aromatic carbocycles. The van der Waals surface area contributed by atoms with E-state index in [1.165, 1.54) is 22.5 Å². The van der Waals surface area contributed by atoms with E-state index in [-0.39, 0.29) is 0 Å². The minimum Gasteiger partial charge on any atom is -0.512 e. The smallest absolute Gasteiger partial charge is 0.135 e. The van der Waals surface area contributed by atoms with Crippen molar-refractivity contribution in [1.29, 1.82) is 0 Å². The molecule has 0 saturated carbocycles. The molecule has 0 spiro atoms. The Morgan fingerprint density at radius 3 is 2.05 bits per heavy atom. The molecule has 0 bridgehead atoms. The van der Waals surface area contributed by atoms with Crippen LogP contribution in [0.15, 0.2) is 192 Å². The summed E-state index contributed by atoms with van der Waals surface area (Å²) in [5.74, 6) is 0.348. The number of para-hydroxylation sites is 1. The molecule has 0 fully saturated rings. The molecule has 0 saturated heterocycles. The fourth-order valence-corrected chi connectivity index (χ4v) is 7.85. The average Bonchev–Trinajstić information content (AvgIpc) is 3.39. The summed E-state index contributed by atoms with van der Waals surface area (Å²) in [6, 6.07) is 42.9. The van der Waals surface area contributed by atoms with Gasteiger partial charge in [0.05, 0.1) is 5.76 Å². The SMILES string of the molecule is CC.CC.CC/C=C\C(=C/CC)N(C1=CC=C(c2ccccc2)CCC1)c1ccc(C2=CC=C(O)CC(c3ccccc3)=C2)c(-c2ccc3oc4ccccc4c3c2)c1. The third kappa shape index (κ3) is 9.87. The second-order valence-corrected chi connectivity index (χ2v) is 14.3. The summed E-state index contributed by atoms with van der Waals surface area (Å²) in [5, 5.41) is 13.2. The van der Waals surface area contributed by atoms with Gasteiger partial charge in [-0.05, 0) is 125 Å². The van der Waals surface area contributed by atoms with Crippen molar-refractivity contribution in [2.24, 2.45) is 0 Å². The average molecular weight is 778 g/mol. The number of allylic oxidation sites excluding steroid dienone is 12. The molecule has 0 radical (unpaired) electrons. The number of anilines is 1. The first-order valence-corrected chi connectivity index (χ1v) is 21.6. The van der Waals surface area contributed by atoms with Gasteiger partial charge in [0, 0.05) is 34.3 Å². The molecule has 0 atom stereocenters. The van der Waals surface area contributed by atoms with Crippen molar-refractivity contribution in [1.82, 2.24) is 0 Å². The number of benzene rings is 5. The van der Waals surface area contributed by atoms with Crippen molar-refractivity contribution in [2.75, 3.05) is 4.90 Å². The van der Waals surface area contributed by atoms with E-state index in [9.17, 15) is 5.11 Å². The molecule has 6 aromatic rings. The molecule has 2 aliphatic carbocycles. The molecule has 0 aliphatic heterocycles. The summed E-state index contributed by atoms with van der Waals surface area (Å²) in [4.78, 5) is 2.47. The Morgan fingerprint density at radius 1 is 0.627 bits per heavy atom. The molecule has 59 heavy (non-hydrogen) atoms. The van der Waals surface area contributed by atoms with Crippen LogP contribution in [0, 0.1) is 0 Å². The molecule has 1 heterocycles. The van der Waals surface area contributed by atoms with Gasteiger partial charge in [-0.2, -0.15) is 0 Å². The predicted molar refractivity (Wildman–Crippen MR) is 256 cm³/mol. The Hall–Kier alpha value is -6.32. The van der Waals surface area contributed by atoms with Crippen LogP contribution in [0.3, 0.4) is 0 Å². The third-order valence-electron chi connectivity index (χ3n) is 10.5. The fourth-order valence-electron chi connectivity index (χ4n) is 7.85. The number of hydrogen-bond acceptors (Lipinski definition) is 3. The van der Waals surface area contributed by atoms with Crippen LogP contribution >= 0.6 is 0 Å². The van der Waals surface area contributed by atoms with E-state index in [1.54, 1.807) is 0 Å². The number of rotatable bonds is 10. The van der Waals surface area contributed by atoms with Crippen LogP contribution in [0.5, 0.6) is 0 Å². The predicted octanol–water partition coefficient (Wildman–Crippen LogP) is 16.8. The lowest BCUT2D eigenvalue weighted by molar-refractivity contribution is 0.403. The largest absolute Gasteiger partial charge is 0.512 e. The Morgan fingerprint density at radius 2 is 1.32 bits per heavy atom. The second-order valence-electron chi connectivity index (χ2n) is 14.3. The zero-order valence-corrected chi connectivity index (χ0v) is 35.7. The standard InChI is InChI=1S/C52H47NO2.2C2H6/c1-3-5-21-43(15-4-2)53(44-22-14-20-39(25-28-44)37-16-8-6-9-17-37)45-29-31-47(40-26-30-46(54)34-42(33-40)38-18-10-7-11-19-38)49(36-45)41-27-32-52-50(35-41)48-23-12-13-24-51(48)55-52;2*1-2/h5-13,15-19,21,23-33,35-36,54H,3-4,14,20,22,34H2,1-2H3;2*1-2H3/b21-5-,43-15+;;. The minimum absolute atomic E-state index is 0.348. The van der Waals surface area contributed by atoms with E-state index in [0.29, 0.717) is 12.2 Å². The quantitative estimate of drug-likeness (QED) is 0.141. The van der Waals surface area contributed by atoms with Crippen molar-refractivity contribution >= 4 is 44.3 Å². The fraction of sp³-hybridized carbons (Fsp3) is 0.214. The first-order chi connectivity index (χ1) is 29.1. The normalized spacial score (nSPS) is 14.4. The molecule has 1 N–H and O–H groups in total. The van der Waals surface area contributed by atoms with Gasteiger partial charge in [-0.15, -0.1) is 0 Å². The highest BCUT2D eigenvalue weighted by molar-refractivity contribution is 6.07. The van der Waals surface area contributed by atoms with Crippen LogP contribution < -0.4 is 4.90 Å². The Bertz CT molecular complexity index is 2550. The van der Waals surface area contributed by atoms with E-state index in [0.717, 1.165) is 93.1 Å². The first-order valence-electron chi connectivity index (χ1n) is 21.6. The van der Waals surface area contributed by atoms with E-state index in [2.05, 4.69) is 164 Å². The Kier molecular flexibility index (Phi) is 15.0. The van der Waals surface area contributed by atoms with Gasteiger partial charge in [0.15, 0.2) is 0 Å². The van der Waals surface area contributed by atoms with Crippen molar-refractivity contribution < 1.29 is 9.52 Å². The first kappa shape index (κ1) is 42.3. The van der Waals surface area contributed by atoms with Crippen molar-refractivity contribution in [3.63, 3.8) is 0 Å². The zero-order valence-electron chi connectivity index (χ0n) is 35.7. The summed E-state index contributed by atoms with van der Waals surface area (Å²) in [7, 11) is 0. The lowest BCUT2D eigenvalue weighted by Crippen LogP contribution is -2.21. The molecule has 1 aromatic heterocycles. The van der Waals surface area contributed by atoms with Crippen molar-refractivity contribution in [2.45, 2.75) is 80.1 Å². The molecule has 0 amide bonds. The molecule has 2 aliphatic rings.